The number of nitrogens with zero attached hydrogens (tertiary/aromatic N) is 1. The number of urea groups is 1. The number of carbonyl (C=O) groups excluding carboxylic acids is 1. The Morgan fingerprint density at radius 3 is 2.64 bits per heavy atom. The van der Waals surface area contributed by atoms with Gasteiger partial charge in [0.05, 0.1) is 6.10 Å². The van der Waals surface area contributed by atoms with Crippen molar-refractivity contribution in [3.8, 4) is 0 Å². The van der Waals surface area contributed by atoms with Gasteiger partial charge >= 0.3 is 6.03 Å². The molecule has 2 amide bonds. The monoisotopic (exact) mass is 306 g/mol. The summed E-state index contributed by atoms with van der Waals surface area (Å²) in [7, 11) is 0. The molecule has 0 aliphatic rings. The lowest BCUT2D eigenvalue weighted by Gasteiger charge is -2.29. The van der Waals surface area contributed by atoms with Crippen molar-refractivity contribution in [1.29, 1.82) is 0 Å². The van der Waals surface area contributed by atoms with Gasteiger partial charge in [-0.15, -0.1) is 0 Å². The Bertz CT molecular complexity index is 484. The summed E-state index contributed by atoms with van der Waals surface area (Å²) in [4.78, 5) is 14.1. The predicted octanol–water partition coefficient (Wildman–Crippen LogP) is 3.32. The molecule has 1 aromatic carbocycles. The van der Waals surface area contributed by atoms with E-state index in [0.29, 0.717) is 26.1 Å². The van der Waals surface area contributed by atoms with E-state index in [9.17, 15) is 9.90 Å². The predicted molar refractivity (Wildman–Crippen MR) is 90.7 cm³/mol. The van der Waals surface area contributed by atoms with Gasteiger partial charge in [0.15, 0.2) is 0 Å². The van der Waals surface area contributed by atoms with E-state index in [1.54, 1.807) is 11.8 Å². The van der Waals surface area contributed by atoms with Crippen LogP contribution in [0.25, 0.3) is 0 Å². The van der Waals surface area contributed by atoms with E-state index >= 15 is 0 Å². The summed E-state index contributed by atoms with van der Waals surface area (Å²) in [6, 6.07) is 8.16. The fourth-order valence-electron chi connectivity index (χ4n) is 2.66. The maximum atomic E-state index is 12.3. The molecule has 0 radical (unpaired) electrons. The van der Waals surface area contributed by atoms with Crippen LogP contribution in [0.5, 0.6) is 0 Å². The average Bonchev–Trinajstić information content (AvgIpc) is 2.41. The van der Waals surface area contributed by atoms with Crippen LogP contribution < -0.4 is 5.32 Å². The SMILES string of the molecule is CCN(Cc1cccc(C)c1)C(=O)NCC(C)(C)CC(C)O. The first kappa shape index (κ1) is 18.5. The molecule has 0 heterocycles. The average molecular weight is 306 g/mol. The van der Waals surface area contributed by atoms with Crippen LogP contribution >= 0.6 is 0 Å². The third kappa shape index (κ3) is 6.48. The Morgan fingerprint density at radius 1 is 1.41 bits per heavy atom. The zero-order chi connectivity index (χ0) is 16.8. The molecule has 0 aliphatic heterocycles. The van der Waals surface area contributed by atoms with Gasteiger partial charge in [0.1, 0.15) is 0 Å². The number of rotatable bonds is 7. The first-order valence-corrected chi connectivity index (χ1v) is 8.00. The van der Waals surface area contributed by atoms with Crippen LogP contribution in [0.2, 0.25) is 0 Å². The van der Waals surface area contributed by atoms with Crippen LogP contribution in [-0.2, 0) is 6.54 Å². The molecule has 22 heavy (non-hydrogen) atoms. The van der Waals surface area contributed by atoms with E-state index < -0.39 is 0 Å². The van der Waals surface area contributed by atoms with Crippen molar-refractivity contribution in [1.82, 2.24) is 10.2 Å². The first-order chi connectivity index (χ1) is 10.2. The van der Waals surface area contributed by atoms with E-state index in [0.717, 1.165) is 5.56 Å². The van der Waals surface area contributed by atoms with Gasteiger partial charge in [-0.2, -0.15) is 0 Å². The van der Waals surface area contributed by atoms with Crippen LogP contribution in [0.4, 0.5) is 4.79 Å². The minimum absolute atomic E-state index is 0.0531. The van der Waals surface area contributed by atoms with Crippen molar-refractivity contribution in [3.05, 3.63) is 35.4 Å². The highest BCUT2D eigenvalue weighted by Crippen LogP contribution is 2.21. The minimum atomic E-state index is -0.360. The molecule has 1 aromatic rings. The van der Waals surface area contributed by atoms with Crippen molar-refractivity contribution in [2.75, 3.05) is 13.1 Å². The minimum Gasteiger partial charge on any atom is -0.393 e. The second kappa shape index (κ2) is 8.18. The molecule has 4 nitrogen and oxygen atoms in total. The van der Waals surface area contributed by atoms with Crippen molar-refractivity contribution < 1.29 is 9.90 Å². The fraction of sp³-hybridized carbons (Fsp3) is 0.611. The van der Waals surface area contributed by atoms with Crippen LogP contribution in [0, 0.1) is 12.3 Å². The van der Waals surface area contributed by atoms with E-state index in [1.807, 2.05) is 19.1 Å². The number of hydrogen-bond acceptors (Lipinski definition) is 2. The van der Waals surface area contributed by atoms with Crippen LogP contribution in [-0.4, -0.2) is 35.2 Å². The zero-order valence-corrected chi connectivity index (χ0v) is 14.5. The lowest BCUT2D eigenvalue weighted by molar-refractivity contribution is 0.126. The fourth-order valence-corrected chi connectivity index (χ4v) is 2.66. The van der Waals surface area contributed by atoms with Crippen LogP contribution in [0.3, 0.4) is 0 Å². The smallest absolute Gasteiger partial charge is 0.317 e. The summed E-state index contributed by atoms with van der Waals surface area (Å²) in [6.07, 6.45) is 0.304. The maximum Gasteiger partial charge on any atom is 0.317 e. The molecular weight excluding hydrogens is 276 g/mol. The second-order valence-corrected chi connectivity index (χ2v) is 6.88. The Balaban J connectivity index is 2.58. The van der Waals surface area contributed by atoms with Gasteiger partial charge in [0.25, 0.3) is 0 Å². The molecule has 0 aromatic heterocycles. The zero-order valence-electron chi connectivity index (χ0n) is 14.5. The summed E-state index contributed by atoms with van der Waals surface area (Å²) in [5.74, 6) is 0. The summed E-state index contributed by atoms with van der Waals surface area (Å²) in [5, 5.41) is 12.5. The van der Waals surface area contributed by atoms with E-state index in [-0.39, 0.29) is 17.6 Å². The van der Waals surface area contributed by atoms with Gasteiger partial charge in [-0.25, -0.2) is 4.79 Å². The Morgan fingerprint density at radius 2 is 2.09 bits per heavy atom. The maximum absolute atomic E-state index is 12.3. The first-order valence-electron chi connectivity index (χ1n) is 8.00. The van der Waals surface area contributed by atoms with Crippen molar-refractivity contribution in [3.63, 3.8) is 0 Å². The molecule has 2 N–H and O–H groups in total. The topological polar surface area (TPSA) is 52.6 Å². The van der Waals surface area contributed by atoms with Crippen molar-refractivity contribution in [2.24, 2.45) is 5.41 Å². The van der Waals surface area contributed by atoms with Gasteiger partial charge in [-0.1, -0.05) is 43.7 Å². The third-order valence-corrected chi connectivity index (χ3v) is 3.69. The summed E-state index contributed by atoms with van der Waals surface area (Å²) >= 11 is 0. The van der Waals surface area contributed by atoms with Gasteiger partial charge in [0, 0.05) is 19.6 Å². The number of carbonyl (C=O) groups is 1. The highest BCUT2D eigenvalue weighted by atomic mass is 16.3. The van der Waals surface area contributed by atoms with E-state index in [4.69, 9.17) is 0 Å². The molecule has 1 unspecified atom stereocenters. The lowest BCUT2D eigenvalue weighted by atomic mass is 9.87. The molecular formula is C18H30N2O2. The van der Waals surface area contributed by atoms with Gasteiger partial charge in [-0.05, 0) is 38.2 Å². The second-order valence-electron chi connectivity index (χ2n) is 6.88. The molecule has 1 rings (SSSR count). The third-order valence-electron chi connectivity index (χ3n) is 3.69. The van der Waals surface area contributed by atoms with Gasteiger partial charge in [0.2, 0.25) is 0 Å². The van der Waals surface area contributed by atoms with Gasteiger partial charge < -0.3 is 15.3 Å². The van der Waals surface area contributed by atoms with Crippen LogP contribution in [0.15, 0.2) is 24.3 Å². The molecule has 0 fully saturated rings. The number of aryl methyl sites for hydroxylation is 1. The van der Waals surface area contributed by atoms with Crippen LogP contribution in [0.1, 0.15) is 45.2 Å². The van der Waals surface area contributed by atoms with E-state index in [2.05, 4.69) is 38.2 Å². The summed E-state index contributed by atoms with van der Waals surface area (Å²) in [6.45, 7) is 11.8. The number of nitrogens with one attached hydrogen (secondary N) is 1. The quantitative estimate of drug-likeness (QED) is 0.812. The number of aliphatic hydroxyl groups excluding tert-OH is 1. The molecule has 0 saturated heterocycles. The van der Waals surface area contributed by atoms with Crippen molar-refractivity contribution in [2.45, 2.75) is 53.7 Å². The van der Waals surface area contributed by atoms with E-state index in [1.165, 1.54) is 5.56 Å². The Kier molecular flexibility index (Phi) is 6.88. The molecule has 0 aliphatic carbocycles. The Hall–Kier alpha value is -1.55. The van der Waals surface area contributed by atoms with Gasteiger partial charge in [-0.3, -0.25) is 0 Å². The highest BCUT2D eigenvalue weighted by Gasteiger charge is 2.22. The highest BCUT2D eigenvalue weighted by molar-refractivity contribution is 5.74. The number of amides is 2. The Labute approximate surface area is 134 Å². The number of hydrogen-bond donors (Lipinski definition) is 2. The van der Waals surface area contributed by atoms with Crippen molar-refractivity contribution >= 4 is 6.03 Å². The summed E-state index contributed by atoms with van der Waals surface area (Å²) < 4.78 is 0. The molecule has 124 valence electrons. The molecule has 0 saturated carbocycles. The summed E-state index contributed by atoms with van der Waals surface area (Å²) in [5.41, 5.74) is 2.22. The lowest BCUT2D eigenvalue weighted by Crippen LogP contribution is -2.43. The standard InChI is InChI=1S/C18H30N2O2/c1-6-20(12-16-9-7-8-14(2)10-16)17(22)19-13-18(4,5)11-15(3)21/h7-10,15,21H,6,11-13H2,1-5H3,(H,19,22). The largest absolute Gasteiger partial charge is 0.393 e. The number of aliphatic hydroxyl groups is 1. The molecule has 1 atom stereocenters. The molecule has 4 heteroatoms. The normalized spacial score (nSPS) is 12.8. The molecule has 0 bridgehead atoms. The number of benzene rings is 1. The molecule has 0 spiro atoms.